The zero-order valence-electron chi connectivity index (χ0n) is 18.8. The minimum absolute atomic E-state index is 0.219. The zero-order valence-corrected chi connectivity index (χ0v) is 18.8. The van der Waals surface area contributed by atoms with Crippen molar-refractivity contribution in [3.8, 4) is 17.2 Å². The molecular weight excluding hydrogens is 408 g/mol. The Bertz CT molecular complexity index is 1090. The SMILES string of the molecule is CCC(Oc1ccc(CC=NOCc2nc(-c3ccc(C)cc3)oc2C)cc1C)C(=O)O. The second-order valence-corrected chi connectivity index (χ2v) is 7.61. The van der Waals surface area contributed by atoms with Crippen LogP contribution in [-0.4, -0.2) is 28.4 Å². The lowest BCUT2D eigenvalue weighted by Gasteiger charge is -2.15. The number of aromatic nitrogens is 1. The maximum Gasteiger partial charge on any atom is 0.344 e. The molecule has 1 unspecified atom stereocenters. The van der Waals surface area contributed by atoms with Crippen LogP contribution in [0.5, 0.6) is 5.75 Å². The van der Waals surface area contributed by atoms with Crippen LogP contribution in [-0.2, 0) is 22.7 Å². The van der Waals surface area contributed by atoms with Gasteiger partial charge in [-0.2, -0.15) is 0 Å². The number of benzene rings is 2. The van der Waals surface area contributed by atoms with Gasteiger partial charge in [0.2, 0.25) is 5.89 Å². The van der Waals surface area contributed by atoms with Crippen molar-refractivity contribution in [2.24, 2.45) is 5.16 Å². The molecule has 0 aliphatic carbocycles. The van der Waals surface area contributed by atoms with Crippen LogP contribution in [0.15, 0.2) is 52.0 Å². The lowest BCUT2D eigenvalue weighted by atomic mass is 10.1. The second-order valence-electron chi connectivity index (χ2n) is 7.61. The molecule has 3 aromatic rings. The number of oxazole rings is 1. The van der Waals surface area contributed by atoms with Gasteiger partial charge in [0.15, 0.2) is 12.7 Å². The first-order valence-corrected chi connectivity index (χ1v) is 10.5. The van der Waals surface area contributed by atoms with Gasteiger partial charge < -0.3 is 19.1 Å². The highest BCUT2D eigenvalue weighted by Gasteiger charge is 2.17. The van der Waals surface area contributed by atoms with Crippen molar-refractivity contribution in [3.63, 3.8) is 0 Å². The van der Waals surface area contributed by atoms with Crippen LogP contribution < -0.4 is 4.74 Å². The van der Waals surface area contributed by atoms with E-state index in [1.165, 1.54) is 5.56 Å². The van der Waals surface area contributed by atoms with Crippen LogP contribution in [0.25, 0.3) is 11.5 Å². The fourth-order valence-corrected chi connectivity index (χ4v) is 3.11. The van der Waals surface area contributed by atoms with Crippen molar-refractivity contribution in [2.45, 2.75) is 53.2 Å². The third kappa shape index (κ3) is 5.97. The van der Waals surface area contributed by atoms with Gasteiger partial charge in [-0.15, -0.1) is 0 Å². The number of carboxylic acids is 1. The van der Waals surface area contributed by atoms with Crippen LogP contribution in [0.3, 0.4) is 0 Å². The first kappa shape index (κ1) is 23.1. The van der Waals surface area contributed by atoms with Crippen molar-refractivity contribution >= 4 is 12.2 Å². The van der Waals surface area contributed by atoms with Crippen LogP contribution in [0.1, 0.15) is 41.5 Å². The lowest BCUT2D eigenvalue weighted by molar-refractivity contribution is -0.145. The number of aryl methyl sites for hydroxylation is 3. The van der Waals surface area contributed by atoms with Gasteiger partial charge in [-0.3, -0.25) is 0 Å². The highest BCUT2D eigenvalue weighted by molar-refractivity contribution is 5.72. The molecule has 0 radical (unpaired) electrons. The molecule has 1 aromatic heterocycles. The molecule has 0 aliphatic heterocycles. The van der Waals surface area contributed by atoms with E-state index >= 15 is 0 Å². The van der Waals surface area contributed by atoms with Crippen LogP contribution >= 0.6 is 0 Å². The molecule has 7 heteroatoms. The highest BCUT2D eigenvalue weighted by atomic mass is 16.6. The molecule has 168 valence electrons. The third-order valence-corrected chi connectivity index (χ3v) is 5.02. The van der Waals surface area contributed by atoms with E-state index in [1.807, 2.05) is 57.2 Å². The molecule has 32 heavy (non-hydrogen) atoms. The van der Waals surface area contributed by atoms with Crippen LogP contribution in [0, 0.1) is 20.8 Å². The molecule has 0 aliphatic rings. The number of oxime groups is 1. The molecule has 3 rings (SSSR count). The van der Waals surface area contributed by atoms with Gasteiger partial charge in [0, 0.05) is 18.2 Å². The average molecular weight is 437 g/mol. The largest absolute Gasteiger partial charge is 0.479 e. The van der Waals surface area contributed by atoms with E-state index in [1.54, 1.807) is 19.2 Å². The summed E-state index contributed by atoms with van der Waals surface area (Å²) < 4.78 is 11.3. The predicted octanol–water partition coefficient (Wildman–Crippen LogP) is 5.25. The van der Waals surface area contributed by atoms with E-state index in [2.05, 4.69) is 10.1 Å². The molecule has 1 N–H and O–H groups in total. The van der Waals surface area contributed by atoms with E-state index in [0.29, 0.717) is 35.9 Å². The molecule has 0 saturated carbocycles. The van der Waals surface area contributed by atoms with Crippen molar-refractivity contribution in [1.82, 2.24) is 4.98 Å². The van der Waals surface area contributed by atoms with Gasteiger partial charge in [-0.05, 0) is 56.5 Å². The number of rotatable bonds is 10. The number of nitrogens with zero attached hydrogens (tertiary/aromatic N) is 2. The van der Waals surface area contributed by atoms with Gasteiger partial charge in [0.25, 0.3) is 0 Å². The third-order valence-electron chi connectivity index (χ3n) is 5.02. The molecular formula is C25H28N2O5. The van der Waals surface area contributed by atoms with E-state index in [9.17, 15) is 4.79 Å². The Morgan fingerprint density at radius 2 is 1.94 bits per heavy atom. The summed E-state index contributed by atoms with van der Waals surface area (Å²) in [6.07, 6.45) is 1.81. The number of carbonyl (C=O) groups is 1. The maximum absolute atomic E-state index is 11.2. The molecule has 0 saturated heterocycles. The van der Waals surface area contributed by atoms with Crippen molar-refractivity contribution in [3.05, 3.63) is 70.6 Å². The standard InChI is InChI=1S/C25H28N2O5/c1-5-22(25(28)29)32-23-11-8-19(14-17(23)3)12-13-26-30-15-21-18(4)31-24(27-21)20-9-6-16(2)7-10-20/h6-11,13-14,22H,5,12,15H2,1-4H3,(H,28,29). The van der Waals surface area contributed by atoms with Crippen LogP contribution in [0.2, 0.25) is 0 Å². The molecule has 1 heterocycles. The Labute approximate surface area is 187 Å². The van der Waals surface area contributed by atoms with Crippen molar-refractivity contribution in [2.75, 3.05) is 0 Å². The highest BCUT2D eigenvalue weighted by Crippen LogP contribution is 2.23. The Hall–Kier alpha value is -3.61. The fourth-order valence-electron chi connectivity index (χ4n) is 3.11. The topological polar surface area (TPSA) is 94.2 Å². The summed E-state index contributed by atoms with van der Waals surface area (Å²) in [5, 5.41) is 13.2. The monoisotopic (exact) mass is 436 g/mol. The molecule has 0 amide bonds. The smallest absolute Gasteiger partial charge is 0.344 e. The Morgan fingerprint density at radius 3 is 2.59 bits per heavy atom. The summed E-state index contributed by atoms with van der Waals surface area (Å²) in [6, 6.07) is 13.6. The Kier molecular flexibility index (Phi) is 7.65. The minimum Gasteiger partial charge on any atom is -0.479 e. The Morgan fingerprint density at radius 1 is 1.19 bits per heavy atom. The molecule has 2 aromatic carbocycles. The molecule has 7 nitrogen and oxygen atoms in total. The normalized spacial score (nSPS) is 12.1. The zero-order chi connectivity index (χ0) is 23.1. The first-order chi connectivity index (χ1) is 15.4. The van der Waals surface area contributed by atoms with Crippen molar-refractivity contribution in [1.29, 1.82) is 0 Å². The predicted molar refractivity (Wildman–Crippen MR) is 122 cm³/mol. The Balaban J connectivity index is 1.52. The lowest BCUT2D eigenvalue weighted by Crippen LogP contribution is -2.26. The van der Waals surface area contributed by atoms with Gasteiger partial charge >= 0.3 is 5.97 Å². The van der Waals surface area contributed by atoms with Gasteiger partial charge in [0.1, 0.15) is 17.2 Å². The number of carboxylic acid groups (broad SMARTS) is 1. The second kappa shape index (κ2) is 10.6. The summed E-state index contributed by atoms with van der Waals surface area (Å²) in [6.45, 7) is 7.78. The van der Waals surface area contributed by atoms with E-state index in [4.69, 9.17) is 19.1 Å². The summed E-state index contributed by atoms with van der Waals surface area (Å²) in [5.41, 5.74) is 4.70. The van der Waals surface area contributed by atoms with E-state index in [-0.39, 0.29) is 6.61 Å². The van der Waals surface area contributed by atoms with E-state index in [0.717, 1.165) is 16.7 Å². The van der Waals surface area contributed by atoms with Gasteiger partial charge in [0.05, 0.1) is 0 Å². The summed E-state index contributed by atoms with van der Waals surface area (Å²) in [7, 11) is 0. The molecule has 1 atom stereocenters. The van der Waals surface area contributed by atoms with Crippen molar-refractivity contribution < 1.29 is 23.9 Å². The van der Waals surface area contributed by atoms with E-state index < -0.39 is 12.1 Å². The van der Waals surface area contributed by atoms with Crippen LogP contribution in [0.4, 0.5) is 0 Å². The number of aliphatic carboxylic acids is 1. The average Bonchev–Trinajstić information content (AvgIpc) is 3.13. The van der Waals surface area contributed by atoms with Gasteiger partial charge in [-0.1, -0.05) is 41.9 Å². The maximum atomic E-state index is 11.2. The molecule has 0 bridgehead atoms. The first-order valence-electron chi connectivity index (χ1n) is 10.5. The number of ether oxygens (including phenoxy) is 1. The minimum atomic E-state index is -0.964. The quantitative estimate of drug-likeness (QED) is 0.344. The summed E-state index contributed by atoms with van der Waals surface area (Å²) >= 11 is 0. The summed E-state index contributed by atoms with van der Waals surface area (Å²) in [5.74, 6) is 0.875. The fraction of sp³-hybridized carbons (Fsp3) is 0.320. The van der Waals surface area contributed by atoms with Gasteiger partial charge in [-0.25, -0.2) is 9.78 Å². The summed E-state index contributed by atoms with van der Waals surface area (Å²) in [4.78, 5) is 21.1. The number of hydrogen-bond donors (Lipinski definition) is 1. The molecule has 0 spiro atoms. The number of hydrogen-bond acceptors (Lipinski definition) is 6. The molecule has 0 fully saturated rings.